The van der Waals surface area contributed by atoms with Gasteiger partial charge in [-0.05, 0) is 33.0 Å². The summed E-state index contributed by atoms with van der Waals surface area (Å²) in [6, 6.07) is 0. The minimum Gasteiger partial charge on any atom is -0.466 e. The molecule has 0 bridgehead atoms. The summed E-state index contributed by atoms with van der Waals surface area (Å²) in [5.74, 6) is -0.308. The molecule has 122 valence electrons. The lowest BCUT2D eigenvalue weighted by atomic mass is 10.1. The zero-order chi connectivity index (χ0) is 16.3. The molecule has 0 N–H and O–H groups in total. The van der Waals surface area contributed by atoms with Gasteiger partial charge in [0.25, 0.3) is 0 Å². The van der Waals surface area contributed by atoms with Crippen LogP contribution in [0.15, 0.2) is 12.4 Å². The summed E-state index contributed by atoms with van der Waals surface area (Å²) in [6.45, 7) is 9.39. The predicted octanol–water partition coefficient (Wildman–Crippen LogP) is 2.97. The highest BCUT2D eigenvalue weighted by molar-refractivity contribution is 7.62. The van der Waals surface area contributed by atoms with Crippen molar-refractivity contribution in [1.29, 1.82) is 0 Å². The van der Waals surface area contributed by atoms with Crippen molar-refractivity contribution in [2.75, 3.05) is 26.0 Å². The maximum atomic E-state index is 12.4. The lowest BCUT2D eigenvalue weighted by Gasteiger charge is -2.20. The molecule has 0 saturated heterocycles. The van der Waals surface area contributed by atoms with E-state index in [9.17, 15) is 14.2 Å². The molecule has 0 radical (unpaired) electrons. The SMILES string of the molecule is C=CP(=O)(CC(CCC(=O)OCC)C(=O)OCC)OCC. The molecule has 0 aromatic heterocycles. The van der Waals surface area contributed by atoms with Gasteiger partial charge in [-0.2, -0.15) is 0 Å². The minimum atomic E-state index is -3.10. The van der Waals surface area contributed by atoms with Crippen LogP contribution in [0.1, 0.15) is 33.6 Å². The van der Waals surface area contributed by atoms with Gasteiger partial charge in [-0.3, -0.25) is 14.2 Å². The summed E-state index contributed by atoms with van der Waals surface area (Å²) in [4.78, 5) is 23.3. The van der Waals surface area contributed by atoms with Crippen molar-refractivity contribution in [3.63, 3.8) is 0 Å². The molecular weight excluding hydrogens is 295 g/mol. The van der Waals surface area contributed by atoms with Gasteiger partial charge >= 0.3 is 11.9 Å². The Morgan fingerprint density at radius 2 is 1.76 bits per heavy atom. The first-order valence-corrected chi connectivity index (χ1v) is 8.99. The molecule has 0 aliphatic heterocycles. The fraction of sp³-hybridized carbons (Fsp3) is 0.714. The molecule has 0 aromatic rings. The van der Waals surface area contributed by atoms with E-state index in [1.807, 2.05) is 0 Å². The molecule has 0 rings (SSSR count). The zero-order valence-corrected chi connectivity index (χ0v) is 13.9. The van der Waals surface area contributed by atoms with Crippen LogP contribution < -0.4 is 0 Å². The number of hydrogen-bond donors (Lipinski definition) is 0. The molecule has 0 aliphatic rings. The molecule has 21 heavy (non-hydrogen) atoms. The maximum absolute atomic E-state index is 12.4. The van der Waals surface area contributed by atoms with E-state index in [2.05, 4.69) is 6.58 Å². The lowest BCUT2D eigenvalue weighted by molar-refractivity contribution is -0.148. The van der Waals surface area contributed by atoms with E-state index < -0.39 is 25.2 Å². The molecular formula is C14H25O6P. The third kappa shape index (κ3) is 8.02. The summed E-state index contributed by atoms with van der Waals surface area (Å²) in [6.07, 6.45) is 0.270. The van der Waals surface area contributed by atoms with E-state index in [1.54, 1.807) is 20.8 Å². The van der Waals surface area contributed by atoms with Crippen LogP contribution in [0.5, 0.6) is 0 Å². The number of rotatable bonds is 11. The standard InChI is InChI=1S/C14H25O6P/c1-5-18-13(15)10-9-12(14(16)19-6-2)11-21(17,8-4)20-7-3/h8,12H,4-7,9-11H2,1-3H3. The predicted molar refractivity (Wildman–Crippen MR) is 80.3 cm³/mol. The molecule has 0 fully saturated rings. The Balaban J connectivity index is 4.80. The maximum Gasteiger partial charge on any atom is 0.309 e. The van der Waals surface area contributed by atoms with E-state index in [0.717, 1.165) is 0 Å². The van der Waals surface area contributed by atoms with E-state index >= 15 is 0 Å². The van der Waals surface area contributed by atoms with Crippen LogP contribution >= 0.6 is 7.37 Å². The van der Waals surface area contributed by atoms with Crippen LogP contribution in [0.25, 0.3) is 0 Å². The Kier molecular flexibility index (Phi) is 10.0. The van der Waals surface area contributed by atoms with Crippen LogP contribution in [-0.2, 0) is 28.2 Å². The Morgan fingerprint density at radius 3 is 2.24 bits per heavy atom. The Hall–Kier alpha value is -1.13. The van der Waals surface area contributed by atoms with Gasteiger partial charge in [-0.1, -0.05) is 6.58 Å². The van der Waals surface area contributed by atoms with Crippen molar-refractivity contribution in [2.45, 2.75) is 33.6 Å². The minimum absolute atomic E-state index is 0.0113. The smallest absolute Gasteiger partial charge is 0.309 e. The van der Waals surface area contributed by atoms with E-state index in [4.69, 9.17) is 14.0 Å². The third-order valence-corrected chi connectivity index (χ3v) is 4.92. The van der Waals surface area contributed by atoms with Gasteiger partial charge in [-0.15, -0.1) is 0 Å². The Morgan fingerprint density at radius 1 is 1.14 bits per heavy atom. The monoisotopic (exact) mass is 320 g/mol. The Bertz CT molecular complexity index is 393. The van der Waals surface area contributed by atoms with Gasteiger partial charge < -0.3 is 14.0 Å². The average Bonchev–Trinajstić information content (AvgIpc) is 2.44. The molecule has 7 heteroatoms. The fourth-order valence-corrected chi connectivity index (χ4v) is 3.52. The highest BCUT2D eigenvalue weighted by atomic mass is 31.2. The van der Waals surface area contributed by atoms with Gasteiger partial charge in [0.1, 0.15) is 0 Å². The molecule has 0 aliphatic carbocycles. The van der Waals surface area contributed by atoms with Crippen LogP contribution in [0.4, 0.5) is 0 Å². The second kappa shape index (κ2) is 10.6. The Labute approximate surface area is 126 Å². The quantitative estimate of drug-likeness (QED) is 0.430. The summed E-state index contributed by atoms with van der Waals surface area (Å²) in [5, 5.41) is 0. The van der Waals surface area contributed by atoms with Gasteiger partial charge in [0.2, 0.25) is 7.37 Å². The number of ether oxygens (including phenoxy) is 2. The third-order valence-electron chi connectivity index (χ3n) is 2.72. The van der Waals surface area contributed by atoms with Gasteiger partial charge in [0.05, 0.1) is 25.7 Å². The van der Waals surface area contributed by atoms with Crippen molar-refractivity contribution >= 4 is 19.3 Å². The summed E-state index contributed by atoms with van der Waals surface area (Å²) < 4.78 is 27.4. The number of hydrogen-bond acceptors (Lipinski definition) is 6. The molecule has 2 atom stereocenters. The lowest BCUT2D eigenvalue weighted by Crippen LogP contribution is -2.23. The second-order valence-corrected chi connectivity index (χ2v) is 6.74. The first kappa shape index (κ1) is 19.9. The highest BCUT2D eigenvalue weighted by Gasteiger charge is 2.30. The van der Waals surface area contributed by atoms with Gasteiger partial charge in [0, 0.05) is 12.6 Å². The highest BCUT2D eigenvalue weighted by Crippen LogP contribution is 2.50. The number of esters is 2. The molecule has 2 unspecified atom stereocenters. The second-order valence-electron chi connectivity index (χ2n) is 4.30. The van der Waals surface area contributed by atoms with Crippen LogP contribution in [-0.4, -0.2) is 37.9 Å². The molecule has 6 nitrogen and oxygen atoms in total. The van der Waals surface area contributed by atoms with Gasteiger partial charge in [0.15, 0.2) is 0 Å². The average molecular weight is 320 g/mol. The normalized spacial score (nSPS) is 14.8. The molecule has 0 heterocycles. The van der Waals surface area contributed by atoms with Crippen molar-refractivity contribution in [3.05, 3.63) is 12.4 Å². The summed E-state index contributed by atoms with van der Waals surface area (Å²) >= 11 is 0. The van der Waals surface area contributed by atoms with E-state index in [1.165, 1.54) is 5.82 Å². The van der Waals surface area contributed by atoms with Crippen molar-refractivity contribution in [2.24, 2.45) is 5.92 Å². The molecule has 0 spiro atoms. The number of carbonyl (C=O) groups excluding carboxylic acids is 2. The van der Waals surface area contributed by atoms with Crippen molar-refractivity contribution < 1.29 is 28.2 Å². The molecule has 0 saturated carbocycles. The van der Waals surface area contributed by atoms with Crippen LogP contribution in [0.2, 0.25) is 0 Å². The van der Waals surface area contributed by atoms with E-state index in [0.29, 0.717) is 0 Å². The summed E-state index contributed by atoms with van der Waals surface area (Å²) in [7, 11) is -3.10. The largest absolute Gasteiger partial charge is 0.466 e. The van der Waals surface area contributed by atoms with Crippen molar-refractivity contribution in [3.8, 4) is 0 Å². The van der Waals surface area contributed by atoms with E-state index in [-0.39, 0.29) is 38.8 Å². The molecule has 0 amide bonds. The number of carbonyl (C=O) groups is 2. The van der Waals surface area contributed by atoms with Crippen molar-refractivity contribution in [1.82, 2.24) is 0 Å². The van der Waals surface area contributed by atoms with Gasteiger partial charge in [-0.25, -0.2) is 0 Å². The zero-order valence-electron chi connectivity index (χ0n) is 13.0. The van der Waals surface area contributed by atoms with Crippen LogP contribution in [0, 0.1) is 5.92 Å². The molecule has 0 aromatic carbocycles. The first-order chi connectivity index (χ1) is 9.92. The first-order valence-electron chi connectivity index (χ1n) is 7.11. The fourth-order valence-electron chi connectivity index (χ4n) is 1.77. The topological polar surface area (TPSA) is 78.9 Å². The van der Waals surface area contributed by atoms with Crippen LogP contribution in [0.3, 0.4) is 0 Å². The summed E-state index contributed by atoms with van der Waals surface area (Å²) in [5.41, 5.74) is 0.